The van der Waals surface area contributed by atoms with Crippen LogP contribution in [0.4, 0.5) is 0 Å². The lowest BCUT2D eigenvalue weighted by Crippen LogP contribution is -1.98. The lowest BCUT2D eigenvalue weighted by molar-refractivity contribution is 0.959. The number of nitrogens with zero attached hydrogens (tertiary/aromatic N) is 5. The van der Waals surface area contributed by atoms with E-state index in [-0.39, 0.29) is 0 Å². The van der Waals surface area contributed by atoms with Crippen LogP contribution < -0.4 is 0 Å². The molecule has 41 heavy (non-hydrogen) atoms. The van der Waals surface area contributed by atoms with Crippen LogP contribution in [0, 0.1) is 0 Å². The van der Waals surface area contributed by atoms with E-state index in [1.807, 2.05) is 48.8 Å². The van der Waals surface area contributed by atoms with Gasteiger partial charge in [-0.15, -0.1) is 0 Å². The van der Waals surface area contributed by atoms with Gasteiger partial charge in [0.05, 0.1) is 33.5 Å². The first kappa shape index (κ1) is 23.3. The minimum atomic E-state index is 0.942. The van der Waals surface area contributed by atoms with Crippen LogP contribution in [0.5, 0.6) is 0 Å². The lowest BCUT2D eigenvalue weighted by Gasteiger charge is -2.13. The molecule has 0 aliphatic rings. The first-order valence-electron chi connectivity index (χ1n) is 13.7. The molecule has 0 atom stereocenters. The zero-order valence-corrected chi connectivity index (χ0v) is 22.4. The van der Waals surface area contributed by atoms with Crippen LogP contribution in [0.15, 0.2) is 134 Å². The molecule has 8 rings (SSSR count). The van der Waals surface area contributed by atoms with Crippen LogP contribution in [0.2, 0.25) is 0 Å². The summed E-state index contributed by atoms with van der Waals surface area (Å²) in [5.74, 6) is 0.942. The highest BCUT2D eigenvalue weighted by Crippen LogP contribution is 2.39. The molecular weight excluding hydrogens is 502 g/mol. The molecule has 0 spiro atoms. The number of rotatable bonds is 4. The number of hydrogen-bond acceptors (Lipinski definition) is 3. The van der Waals surface area contributed by atoms with Crippen molar-refractivity contribution in [2.45, 2.75) is 0 Å². The summed E-state index contributed by atoms with van der Waals surface area (Å²) in [5, 5.41) is 2.37. The Morgan fingerprint density at radius 1 is 0.561 bits per heavy atom. The largest absolute Gasteiger partial charge is 0.327 e. The van der Waals surface area contributed by atoms with Gasteiger partial charge in [-0.2, -0.15) is 0 Å². The van der Waals surface area contributed by atoms with Gasteiger partial charge in [-0.3, -0.25) is 9.97 Å². The summed E-state index contributed by atoms with van der Waals surface area (Å²) in [5.41, 5.74) is 10.5. The van der Waals surface area contributed by atoms with E-state index in [1.165, 1.54) is 10.8 Å². The van der Waals surface area contributed by atoms with Gasteiger partial charge in [-0.1, -0.05) is 66.7 Å². The summed E-state index contributed by atoms with van der Waals surface area (Å²) < 4.78 is 4.54. The summed E-state index contributed by atoms with van der Waals surface area (Å²) in [4.78, 5) is 14.3. The maximum Gasteiger partial charge on any atom is 0.140 e. The van der Waals surface area contributed by atoms with Crippen LogP contribution >= 0.6 is 0 Å². The van der Waals surface area contributed by atoms with Crippen LogP contribution in [0.1, 0.15) is 0 Å². The molecule has 5 heteroatoms. The minimum absolute atomic E-state index is 0.942. The quantitative estimate of drug-likeness (QED) is 0.231. The summed E-state index contributed by atoms with van der Waals surface area (Å²) in [6.07, 6.45) is 3.69. The molecule has 0 radical (unpaired) electrons. The fourth-order valence-corrected chi connectivity index (χ4v) is 5.94. The smallest absolute Gasteiger partial charge is 0.140 e. The van der Waals surface area contributed by atoms with E-state index >= 15 is 0 Å². The average Bonchev–Trinajstić information content (AvgIpc) is 3.56. The SMILES string of the molecule is Cn1c(-c2ccc3c4cccc(-c5ccccn5)c4n(-c4cccc(-c5ccccn5)c4)c3c2)nc2ccccc21. The van der Waals surface area contributed by atoms with Gasteiger partial charge in [0, 0.05) is 52.6 Å². The van der Waals surface area contributed by atoms with E-state index in [0.717, 1.165) is 61.7 Å². The van der Waals surface area contributed by atoms with Crippen molar-refractivity contribution >= 4 is 32.8 Å². The Labute approximate surface area is 237 Å². The van der Waals surface area contributed by atoms with Gasteiger partial charge < -0.3 is 9.13 Å². The van der Waals surface area contributed by atoms with Crippen LogP contribution in [0.25, 0.3) is 72.4 Å². The highest BCUT2D eigenvalue weighted by molar-refractivity contribution is 6.14. The maximum absolute atomic E-state index is 5.00. The van der Waals surface area contributed by atoms with Crippen molar-refractivity contribution in [2.75, 3.05) is 0 Å². The van der Waals surface area contributed by atoms with Crippen LogP contribution in [-0.4, -0.2) is 24.1 Å². The fourth-order valence-electron chi connectivity index (χ4n) is 5.94. The van der Waals surface area contributed by atoms with Crippen molar-refractivity contribution < 1.29 is 0 Å². The molecule has 4 aromatic heterocycles. The standard InChI is InChI=1S/C36H25N5/c1-40-33-17-3-2-16-32(33)39-36(40)25-18-19-27-28-12-9-13-29(31-15-5-7-21-38-31)35(28)41(34(27)23-25)26-11-8-10-24(22-26)30-14-4-6-20-37-30/h2-23H,1H3. The molecule has 0 bridgehead atoms. The van der Waals surface area contributed by atoms with Gasteiger partial charge in [0.1, 0.15) is 5.82 Å². The summed E-state index contributed by atoms with van der Waals surface area (Å²) in [7, 11) is 2.08. The number of benzene rings is 4. The first-order valence-corrected chi connectivity index (χ1v) is 13.7. The predicted molar refractivity (Wildman–Crippen MR) is 167 cm³/mol. The molecule has 4 aromatic carbocycles. The Bertz CT molecular complexity index is 2210. The number of aryl methyl sites for hydroxylation is 1. The summed E-state index contributed by atoms with van der Waals surface area (Å²) in [6.45, 7) is 0. The van der Waals surface area contributed by atoms with E-state index in [1.54, 1.807) is 0 Å². The van der Waals surface area contributed by atoms with E-state index in [0.29, 0.717) is 0 Å². The van der Waals surface area contributed by atoms with Gasteiger partial charge >= 0.3 is 0 Å². The Balaban J connectivity index is 1.45. The van der Waals surface area contributed by atoms with Crippen molar-refractivity contribution in [1.82, 2.24) is 24.1 Å². The molecule has 0 aliphatic heterocycles. The third-order valence-electron chi connectivity index (χ3n) is 7.84. The topological polar surface area (TPSA) is 48.5 Å². The molecule has 0 fully saturated rings. The Morgan fingerprint density at radius 2 is 1.34 bits per heavy atom. The van der Waals surface area contributed by atoms with Crippen molar-refractivity contribution in [2.24, 2.45) is 7.05 Å². The molecule has 4 heterocycles. The molecule has 0 N–H and O–H groups in total. The first-order chi connectivity index (χ1) is 20.3. The van der Waals surface area contributed by atoms with Gasteiger partial charge in [-0.05, 0) is 54.6 Å². The molecule has 5 nitrogen and oxygen atoms in total. The van der Waals surface area contributed by atoms with Crippen molar-refractivity contribution in [3.05, 3.63) is 134 Å². The van der Waals surface area contributed by atoms with Crippen molar-refractivity contribution in [3.63, 3.8) is 0 Å². The van der Waals surface area contributed by atoms with E-state index < -0.39 is 0 Å². The third-order valence-corrected chi connectivity index (χ3v) is 7.84. The normalized spacial score (nSPS) is 11.5. The maximum atomic E-state index is 5.00. The minimum Gasteiger partial charge on any atom is -0.327 e. The van der Waals surface area contributed by atoms with Crippen LogP contribution in [-0.2, 0) is 7.05 Å². The summed E-state index contributed by atoms with van der Waals surface area (Å²) in [6, 6.07) is 42.2. The van der Waals surface area contributed by atoms with E-state index in [9.17, 15) is 0 Å². The Morgan fingerprint density at radius 3 is 2.15 bits per heavy atom. The lowest BCUT2D eigenvalue weighted by atomic mass is 10.0. The number of para-hydroxylation sites is 3. The zero-order valence-electron chi connectivity index (χ0n) is 22.4. The van der Waals surface area contributed by atoms with Gasteiger partial charge in [0.15, 0.2) is 0 Å². The average molecular weight is 528 g/mol. The van der Waals surface area contributed by atoms with Gasteiger partial charge in [0.25, 0.3) is 0 Å². The van der Waals surface area contributed by atoms with E-state index in [4.69, 9.17) is 9.97 Å². The Hall–Kier alpha value is -5.55. The summed E-state index contributed by atoms with van der Waals surface area (Å²) >= 11 is 0. The number of fused-ring (bicyclic) bond motifs is 4. The highest BCUT2D eigenvalue weighted by Gasteiger charge is 2.19. The third kappa shape index (κ3) is 3.74. The fraction of sp³-hybridized carbons (Fsp3) is 0.0278. The molecule has 0 unspecified atom stereocenters. The highest BCUT2D eigenvalue weighted by atomic mass is 15.1. The molecule has 0 saturated heterocycles. The van der Waals surface area contributed by atoms with Crippen molar-refractivity contribution in [3.8, 4) is 39.6 Å². The van der Waals surface area contributed by atoms with Crippen LogP contribution in [0.3, 0.4) is 0 Å². The van der Waals surface area contributed by atoms with Gasteiger partial charge in [0.2, 0.25) is 0 Å². The number of hydrogen-bond donors (Lipinski definition) is 0. The molecule has 0 amide bonds. The second-order valence-electron chi connectivity index (χ2n) is 10.2. The Kier molecular flexibility index (Phi) is 5.28. The molecule has 0 aliphatic carbocycles. The van der Waals surface area contributed by atoms with Gasteiger partial charge in [-0.25, -0.2) is 4.98 Å². The molecular formula is C36H25N5. The second-order valence-corrected chi connectivity index (χ2v) is 10.2. The number of imidazole rings is 1. The second kappa shape index (κ2) is 9.28. The molecule has 194 valence electrons. The monoisotopic (exact) mass is 527 g/mol. The van der Waals surface area contributed by atoms with E-state index in [2.05, 4.69) is 106 Å². The van der Waals surface area contributed by atoms with Crippen molar-refractivity contribution in [1.29, 1.82) is 0 Å². The number of pyridine rings is 2. The molecule has 8 aromatic rings. The number of aromatic nitrogens is 5. The zero-order chi connectivity index (χ0) is 27.3. The predicted octanol–water partition coefficient (Wildman–Crippen LogP) is 8.46. The molecule has 0 saturated carbocycles.